The van der Waals surface area contributed by atoms with Crippen LogP contribution in [0.1, 0.15) is 31.0 Å². The minimum atomic E-state index is 0.127. The van der Waals surface area contributed by atoms with Crippen LogP contribution in [0.5, 0.6) is 0 Å². The van der Waals surface area contributed by atoms with Gasteiger partial charge in [-0.2, -0.15) is 0 Å². The smallest absolute Gasteiger partial charge is 0.112 e. The molecule has 2 aromatic carbocycles. The monoisotopic (exact) mass is 371 g/mol. The Balaban J connectivity index is 0.00000136. The van der Waals surface area contributed by atoms with E-state index >= 15 is 0 Å². The number of terminal acetylenes is 1. The average molecular weight is 372 g/mol. The SMILES string of the molecule is C#C.C/C=C\C=C(/C)[C@H]1N=C(CNCc2ccccc2)N[C@H]1c1ccccc1. The molecule has 0 aliphatic carbocycles. The van der Waals surface area contributed by atoms with Gasteiger partial charge in [0.15, 0.2) is 0 Å². The summed E-state index contributed by atoms with van der Waals surface area (Å²) in [6.45, 7) is 5.78. The van der Waals surface area contributed by atoms with Gasteiger partial charge in [-0.3, -0.25) is 4.99 Å². The first-order chi connectivity index (χ1) is 13.8. The van der Waals surface area contributed by atoms with E-state index in [1.165, 1.54) is 16.7 Å². The van der Waals surface area contributed by atoms with Crippen molar-refractivity contribution in [2.45, 2.75) is 32.5 Å². The zero-order chi connectivity index (χ0) is 20.2. The van der Waals surface area contributed by atoms with Crippen molar-refractivity contribution in [1.29, 1.82) is 0 Å². The van der Waals surface area contributed by atoms with Crippen LogP contribution in [0, 0.1) is 12.8 Å². The number of hydrogen-bond acceptors (Lipinski definition) is 3. The van der Waals surface area contributed by atoms with Crippen LogP contribution in [-0.4, -0.2) is 18.4 Å². The highest BCUT2D eigenvalue weighted by atomic mass is 15.2. The number of nitrogens with one attached hydrogen (secondary N) is 2. The number of rotatable bonds is 7. The summed E-state index contributed by atoms with van der Waals surface area (Å²) < 4.78 is 0. The lowest BCUT2D eigenvalue weighted by molar-refractivity contribution is 0.601. The highest BCUT2D eigenvalue weighted by molar-refractivity contribution is 5.87. The fraction of sp³-hybridized carbons (Fsp3) is 0.240. The van der Waals surface area contributed by atoms with E-state index in [9.17, 15) is 0 Å². The number of nitrogens with zero attached hydrogens (tertiary/aromatic N) is 1. The van der Waals surface area contributed by atoms with Gasteiger partial charge < -0.3 is 10.6 Å². The zero-order valence-corrected chi connectivity index (χ0v) is 16.7. The molecular formula is C25H29N3. The second-order valence-corrected chi connectivity index (χ2v) is 6.58. The van der Waals surface area contributed by atoms with E-state index in [0.717, 1.165) is 18.9 Å². The van der Waals surface area contributed by atoms with Crippen molar-refractivity contribution in [3.63, 3.8) is 0 Å². The van der Waals surface area contributed by atoms with E-state index in [1.54, 1.807) is 0 Å². The third-order valence-electron chi connectivity index (χ3n) is 4.57. The highest BCUT2D eigenvalue weighted by Gasteiger charge is 2.30. The standard InChI is InChI=1S/C23H27N3.C2H2/c1-3-4-11-18(2)22-23(20-14-9-6-10-15-20)26-21(25-22)17-24-16-19-12-7-5-8-13-19;1-2/h3-15,22-24H,16-17H2,1-2H3,(H,25,26);1-2H/b4-3-,18-11+;/t22-,23+;/m1./s1. The predicted octanol–water partition coefficient (Wildman–Crippen LogP) is 4.66. The summed E-state index contributed by atoms with van der Waals surface area (Å²) in [5.41, 5.74) is 3.82. The third kappa shape index (κ3) is 5.97. The molecule has 3 heteroatoms. The molecule has 1 aliphatic rings. The van der Waals surface area contributed by atoms with Crippen molar-refractivity contribution in [2.75, 3.05) is 6.54 Å². The van der Waals surface area contributed by atoms with Crippen molar-refractivity contribution < 1.29 is 0 Å². The normalized spacial score (nSPS) is 18.9. The highest BCUT2D eigenvalue weighted by Crippen LogP contribution is 2.28. The molecular weight excluding hydrogens is 342 g/mol. The van der Waals surface area contributed by atoms with Crippen LogP contribution in [-0.2, 0) is 6.54 Å². The first-order valence-electron chi connectivity index (χ1n) is 9.53. The van der Waals surface area contributed by atoms with Crippen LogP contribution in [0.25, 0.3) is 0 Å². The molecule has 0 bridgehead atoms. The quantitative estimate of drug-likeness (QED) is 0.549. The molecule has 28 heavy (non-hydrogen) atoms. The molecule has 2 atom stereocenters. The second kappa shape index (κ2) is 11.6. The van der Waals surface area contributed by atoms with Crippen LogP contribution >= 0.6 is 0 Å². The Hall–Kier alpha value is -3.09. The molecule has 2 aromatic rings. The van der Waals surface area contributed by atoms with E-state index in [-0.39, 0.29) is 12.1 Å². The number of benzene rings is 2. The lowest BCUT2D eigenvalue weighted by Crippen LogP contribution is -2.33. The minimum absolute atomic E-state index is 0.127. The van der Waals surface area contributed by atoms with Gasteiger partial charge in [-0.05, 0) is 30.5 Å². The van der Waals surface area contributed by atoms with Crippen molar-refractivity contribution in [1.82, 2.24) is 10.6 Å². The molecule has 0 unspecified atom stereocenters. The Bertz CT molecular complexity index is 817. The first kappa shape index (κ1) is 21.2. The third-order valence-corrected chi connectivity index (χ3v) is 4.57. The summed E-state index contributed by atoms with van der Waals surface area (Å²) in [5.74, 6) is 1.02. The van der Waals surface area contributed by atoms with Crippen LogP contribution in [0.3, 0.4) is 0 Å². The molecule has 3 rings (SSSR count). The van der Waals surface area contributed by atoms with Gasteiger partial charge in [0, 0.05) is 6.54 Å². The zero-order valence-electron chi connectivity index (χ0n) is 16.7. The van der Waals surface area contributed by atoms with E-state index in [1.807, 2.05) is 13.0 Å². The molecule has 0 radical (unpaired) electrons. The van der Waals surface area contributed by atoms with Crippen LogP contribution in [0.2, 0.25) is 0 Å². The van der Waals surface area contributed by atoms with Gasteiger partial charge in [-0.1, -0.05) is 78.9 Å². The van der Waals surface area contributed by atoms with Crippen LogP contribution in [0.15, 0.2) is 89.5 Å². The summed E-state index contributed by atoms with van der Waals surface area (Å²) in [7, 11) is 0. The average Bonchev–Trinajstić information content (AvgIpc) is 3.19. The maximum Gasteiger partial charge on any atom is 0.112 e. The van der Waals surface area contributed by atoms with E-state index in [4.69, 9.17) is 4.99 Å². The van der Waals surface area contributed by atoms with Gasteiger partial charge in [-0.25, -0.2) is 0 Å². The summed E-state index contributed by atoms with van der Waals surface area (Å²) >= 11 is 0. The first-order valence-corrected chi connectivity index (χ1v) is 9.53. The molecule has 0 spiro atoms. The molecule has 0 aromatic heterocycles. The van der Waals surface area contributed by atoms with Crippen molar-refractivity contribution in [2.24, 2.45) is 4.99 Å². The fourth-order valence-corrected chi connectivity index (χ4v) is 3.19. The summed E-state index contributed by atoms with van der Waals surface area (Å²) in [6.07, 6.45) is 14.3. The Morgan fingerprint density at radius 2 is 1.68 bits per heavy atom. The van der Waals surface area contributed by atoms with Crippen molar-refractivity contribution >= 4 is 5.84 Å². The maximum atomic E-state index is 4.97. The number of allylic oxidation sites excluding steroid dienone is 3. The minimum Gasteiger partial charge on any atom is -0.363 e. The van der Waals surface area contributed by atoms with Gasteiger partial charge in [0.1, 0.15) is 5.84 Å². The molecule has 1 heterocycles. The van der Waals surface area contributed by atoms with Crippen LogP contribution in [0.4, 0.5) is 0 Å². The maximum absolute atomic E-state index is 4.97. The second-order valence-electron chi connectivity index (χ2n) is 6.58. The largest absolute Gasteiger partial charge is 0.363 e. The molecule has 0 fully saturated rings. The Labute approximate surface area is 169 Å². The van der Waals surface area contributed by atoms with Gasteiger partial charge in [0.2, 0.25) is 0 Å². The van der Waals surface area contributed by atoms with Gasteiger partial charge >= 0.3 is 0 Å². The molecule has 144 valence electrons. The lowest BCUT2D eigenvalue weighted by atomic mass is 9.95. The summed E-state index contributed by atoms with van der Waals surface area (Å²) in [6, 6.07) is 21.3. The number of hydrogen-bond donors (Lipinski definition) is 2. The Morgan fingerprint density at radius 3 is 2.32 bits per heavy atom. The molecule has 1 aliphatic heterocycles. The van der Waals surface area contributed by atoms with E-state index in [0.29, 0.717) is 0 Å². The van der Waals surface area contributed by atoms with Gasteiger partial charge in [0.25, 0.3) is 0 Å². The summed E-state index contributed by atoms with van der Waals surface area (Å²) in [4.78, 5) is 4.97. The topological polar surface area (TPSA) is 36.4 Å². The fourth-order valence-electron chi connectivity index (χ4n) is 3.19. The molecule has 0 amide bonds. The summed E-state index contributed by atoms with van der Waals surface area (Å²) in [5, 5.41) is 7.12. The van der Waals surface area contributed by atoms with E-state index in [2.05, 4.69) is 103 Å². The van der Waals surface area contributed by atoms with E-state index < -0.39 is 0 Å². The number of aliphatic imine (C=N–C) groups is 1. The van der Waals surface area contributed by atoms with Crippen molar-refractivity contribution in [3.8, 4) is 12.8 Å². The lowest BCUT2D eigenvalue weighted by Gasteiger charge is -2.20. The number of amidine groups is 1. The predicted molar refractivity (Wildman–Crippen MR) is 120 cm³/mol. The van der Waals surface area contributed by atoms with Crippen molar-refractivity contribution in [3.05, 3.63) is 95.6 Å². The molecule has 0 saturated heterocycles. The molecule has 2 N–H and O–H groups in total. The Morgan fingerprint density at radius 1 is 1.04 bits per heavy atom. The van der Waals surface area contributed by atoms with Gasteiger partial charge in [0.05, 0.1) is 18.6 Å². The molecule has 3 nitrogen and oxygen atoms in total. The van der Waals surface area contributed by atoms with Gasteiger partial charge in [-0.15, -0.1) is 12.8 Å². The molecule has 0 saturated carbocycles. The van der Waals surface area contributed by atoms with Crippen LogP contribution < -0.4 is 10.6 Å². The Kier molecular flexibility index (Phi) is 8.78.